The van der Waals surface area contributed by atoms with Crippen LogP contribution < -0.4 is 0 Å². The minimum Gasteiger partial charge on any atom is -0.318 e. The molecule has 0 aliphatic carbocycles. The van der Waals surface area contributed by atoms with E-state index in [4.69, 9.17) is 0 Å². The van der Waals surface area contributed by atoms with E-state index in [1.807, 2.05) is 6.07 Å². The molecule has 1 aromatic heterocycles. The maximum Gasteiger partial charge on any atom is 0.178 e. The molecule has 4 heteroatoms. The summed E-state index contributed by atoms with van der Waals surface area (Å²) in [6.07, 6.45) is 0. The van der Waals surface area contributed by atoms with Gasteiger partial charge >= 0.3 is 0 Å². The van der Waals surface area contributed by atoms with Gasteiger partial charge in [-0.2, -0.15) is 0 Å². The second kappa shape index (κ2) is 7.14. The molecule has 134 valence electrons. The van der Waals surface area contributed by atoms with Crippen molar-refractivity contribution in [3.8, 4) is 5.69 Å². The molecule has 4 nitrogen and oxygen atoms in total. The van der Waals surface area contributed by atoms with Crippen molar-refractivity contribution in [1.29, 1.82) is 0 Å². The molecule has 1 aromatic carbocycles. The predicted molar refractivity (Wildman–Crippen MR) is 103 cm³/mol. The van der Waals surface area contributed by atoms with Gasteiger partial charge in [0.2, 0.25) is 0 Å². The highest BCUT2D eigenvalue weighted by Crippen LogP contribution is 2.23. The Labute approximate surface area is 151 Å². The second-order valence-corrected chi connectivity index (χ2v) is 7.47. The van der Waals surface area contributed by atoms with E-state index in [0.29, 0.717) is 6.54 Å². The molecule has 3 rings (SSSR count). The number of piperazine rings is 1. The van der Waals surface area contributed by atoms with Gasteiger partial charge in [0, 0.05) is 48.8 Å². The van der Waals surface area contributed by atoms with Crippen LogP contribution in [-0.2, 0) is 0 Å². The number of hydrogen-bond acceptors (Lipinski definition) is 3. The molecule has 0 saturated carbocycles. The van der Waals surface area contributed by atoms with Crippen molar-refractivity contribution in [3.05, 3.63) is 52.3 Å². The maximum atomic E-state index is 12.9. The highest BCUT2D eigenvalue weighted by molar-refractivity contribution is 5.99. The van der Waals surface area contributed by atoms with Gasteiger partial charge in [0.1, 0.15) is 0 Å². The fraction of sp³-hybridized carbons (Fsp3) is 0.476. The summed E-state index contributed by atoms with van der Waals surface area (Å²) in [4.78, 5) is 17.5. The van der Waals surface area contributed by atoms with Crippen LogP contribution in [-0.4, -0.2) is 59.9 Å². The summed E-state index contributed by atoms with van der Waals surface area (Å²) in [5.74, 6) is 0.230. The van der Waals surface area contributed by atoms with Crippen LogP contribution in [0.3, 0.4) is 0 Å². The van der Waals surface area contributed by atoms with Crippen molar-refractivity contribution in [1.82, 2.24) is 14.4 Å². The van der Waals surface area contributed by atoms with Gasteiger partial charge in [-0.3, -0.25) is 9.69 Å². The van der Waals surface area contributed by atoms with Crippen molar-refractivity contribution < 1.29 is 4.79 Å². The number of nitrogens with zero attached hydrogens (tertiary/aromatic N) is 3. The Bertz CT molecular complexity index is 762. The average Bonchev–Trinajstić information content (AvgIpc) is 2.83. The van der Waals surface area contributed by atoms with Crippen molar-refractivity contribution in [2.24, 2.45) is 0 Å². The van der Waals surface area contributed by atoms with Crippen LogP contribution in [0.5, 0.6) is 0 Å². The highest BCUT2D eigenvalue weighted by Gasteiger charge is 2.21. The lowest BCUT2D eigenvalue weighted by atomic mass is 10.1. The molecule has 0 spiro atoms. The molecule has 25 heavy (non-hydrogen) atoms. The van der Waals surface area contributed by atoms with Crippen LogP contribution in [0.2, 0.25) is 0 Å². The quantitative estimate of drug-likeness (QED) is 0.801. The van der Waals surface area contributed by atoms with Crippen molar-refractivity contribution >= 4 is 5.78 Å². The Kier molecular flexibility index (Phi) is 5.11. The Morgan fingerprint density at radius 3 is 2.12 bits per heavy atom. The lowest BCUT2D eigenvalue weighted by molar-refractivity contribution is 0.0876. The molecule has 0 atom stereocenters. The van der Waals surface area contributed by atoms with E-state index in [0.717, 1.165) is 48.8 Å². The van der Waals surface area contributed by atoms with Crippen LogP contribution in [0.4, 0.5) is 0 Å². The van der Waals surface area contributed by atoms with E-state index in [1.54, 1.807) is 0 Å². The number of carbonyl (C=O) groups is 1. The Morgan fingerprint density at radius 1 is 0.920 bits per heavy atom. The summed E-state index contributed by atoms with van der Waals surface area (Å²) < 4.78 is 2.21. The predicted octanol–water partition coefficient (Wildman–Crippen LogP) is 3.14. The van der Waals surface area contributed by atoms with Crippen LogP contribution in [0.25, 0.3) is 5.69 Å². The molecule has 1 aliphatic heterocycles. The summed E-state index contributed by atoms with van der Waals surface area (Å²) in [5, 5.41) is 0. The minimum absolute atomic E-state index is 0.230. The summed E-state index contributed by atoms with van der Waals surface area (Å²) >= 11 is 0. The Balaban J connectivity index is 1.85. The lowest BCUT2D eigenvalue weighted by Gasteiger charge is -2.31. The number of benzene rings is 1. The number of aromatic nitrogens is 1. The normalized spacial score (nSPS) is 16.4. The van der Waals surface area contributed by atoms with Crippen molar-refractivity contribution in [3.63, 3.8) is 0 Å². The molecule has 0 unspecified atom stereocenters. The minimum atomic E-state index is 0.230. The lowest BCUT2D eigenvalue weighted by Crippen LogP contribution is -2.46. The standard InChI is InChI=1S/C21H29N3O/c1-15-10-16(2)12-19(11-15)24-17(3)13-20(18(24)4)21(25)14-23-8-6-22(5)7-9-23/h10-13H,6-9,14H2,1-5H3. The van der Waals surface area contributed by atoms with E-state index in [9.17, 15) is 4.79 Å². The van der Waals surface area contributed by atoms with Gasteiger partial charge in [-0.15, -0.1) is 0 Å². The largest absolute Gasteiger partial charge is 0.318 e. The molecule has 0 bridgehead atoms. The molecular weight excluding hydrogens is 310 g/mol. The first kappa shape index (κ1) is 17.9. The molecule has 0 radical (unpaired) electrons. The number of ketones is 1. The summed E-state index contributed by atoms with van der Waals surface area (Å²) in [6, 6.07) is 8.59. The first-order chi connectivity index (χ1) is 11.8. The molecule has 1 saturated heterocycles. The third kappa shape index (κ3) is 3.86. The second-order valence-electron chi connectivity index (χ2n) is 7.47. The topological polar surface area (TPSA) is 28.5 Å². The van der Waals surface area contributed by atoms with E-state index >= 15 is 0 Å². The first-order valence-electron chi connectivity index (χ1n) is 9.07. The zero-order chi connectivity index (χ0) is 18.1. The number of hydrogen-bond donors (Lipinski definition) is 0. The Morgan fingerprint density at radius 2 is 1.52 bits per heavy atom. The number of carbonyl (C=O) groups excluding carboxylic acids is 1. The molecule has 0 amide bonds. The van der Waals surface area contributed by atoms with Crippen LogP contribution in [0.15, 0.2) is 24.3 Å². The smallest absolute Gasteiger partial charge is 0.178 e. The van der Waals surface area contributed by atoms with Gasteiger partial charge in [0.05, 0.1) is 6.54 Å². The third-order valence-electron chi connectivity index (χ3n) is 5.16. The van der Waals surface area contributed by atoms with Gasteiger partial charge in [-0.05, 0) is 64.1 Å². The van der Waals surface area contributed by atoms with Gasteiger partial charge in [-0.1, -0.05) is 6.07 Å². The van der Waals surface area contributed by atoms with Crippen LogP contribution in [0.1, 0.15) is 32.9 Å². The van der Waals surface area contributed by atoms with Crippen LogP contribution in [0, 0.1) is 27.7 Å². The molecule has 1 aliphatic rings. The van der Waals surface area contributed by atoms with Crippen LogP contribution >= 0.6 is 0 Å². The zero-order valence-corrected chi connectivity index (χ0v) is 16.1. The number of likely N-dealkylation sites (N-methyl/N-ethyl adjacent to an activating group) is 1. The average molecular weight is 339 g/mol. The highest BCUT2D eigenvalue weighted by atomic mass is 16.1. The van der Waals surface area contributed by atoms with Gasteiger partial charge < -0.3 is 9.47 Å². The summed E-state index contributed by atoms with van der Waals surface area (Å²) in [7, 11) is 2.14. The fourth-order valence-corrected chi connectivity index (χ4v) is 3.82. The van der Waals surface area contributed by atoms with Crippen molar-refractivity contribution in [2.45, 2.75) is 27.7 Å². The van der Waals surface area contributed by atoms with E-state index < -0.39 is 0 Å². The SMILES string of the molecule is Cc1cc(C)cc(-n2c(C)cc(C(=O)CN3CCN(C)CC3)c2C)c1. The molecule has 1 fully saturated rings. The summed E-state index contributed by atoms with van der Waals surface area (Å²) in [6.45, 7) is 12.9. The third-order valence-corrected chi connectivity index (χ3v) is 5.16. The van der Waals surface area contributed by atoms with Gasteiger partial charge in [-0.25, -0.2) is 0 Å². The van der Waals surface area contributed by atoms with Gasteiger partial charge in [0.25, 0.3) is 0 Å². The number of Topliss-reactive ketones (excluding diaryl/α,β-unsaturated/α-hetero) is 1. The zero-order valence-electron chi connectivity index (χ0n) is 16.1. The van der Waals surface area contributed by atoms with E-state index in [1.165, 1.54) is 11.1 Å². The maximum absolute atomic E-state index is 12.9. The molecule has 2 heterocycles. The summed E-state index contributed by atoms with van der Waals surface area (Å²) in [5.41, 5.74) is 6.65. The molecular formula is C21H29N3O. The van der Waals surface area contributed by atoms with E-state index in [-0.39, 0.29) is 5.78 Å². The Hall–Kier alpha value is -1.91. The number of rotatable bonds is 4. The molecule has 2 aromatic rings. The monoisotopic (exact) mass is 339 g/mol. The fourth-order valence-electron chi connectivity index (χ4n) is 3.82. The number of aryl methyl sites for hydroxylation is 3. The molecule has 0 N–H and O–H groups in total. The first-order valence-corrected chi connectivity index (χ1v) is 9.07. The van der Waals surface area contributed by atoms with Gasteiger partial charge in [0.15, 0.2) is 5.78 Å². The van der Waals surface area contributed by atoms with Crippen molar-refractivity contribution in [2.75, 3.05) is 39.8 Å². The van der Waals surface area contributed by atoms with E-state index in [2.05, 4.69) is 67.3 Å².